The van der Waals surface area contributed by atoms with Gasteiger partial charge in [0, 0.05) is 19.3 Å². The Labute approximate surface area is 120 Å². The molecule has 0 saturated heterocycles. The molecule has 1 aromatic rings. The van der Waals surface area contributed by atoms with E-state index >= 15 is 0 Å². The van der Waals surface area contributed by atoms with Crippen molar-refractivity contribution >= 4 is 17.5 Å². The summed E-state index contributed by atoms with van der Waals surface area (Å²) < 4.78 is 5.67. The Kier molecular flexibility index (Phi) is 6.71. The van der Waals surface area contributed by atoms with Gasteiger partial charge in [-0.2, -0.15) is 0 Å². The minimum Gasteiger partial charge on any atom is -0.492 e. The topological polar surface area (TPSA) is 29.5 Å². The molecule has 0 bridgehead atoms. The number of aryl methyl sites for hydroxylation is 2. The van der Waals surface area contributed by atoms with Gasteiger partial charge in [0.2, 0.25) is 5.91 Å². The summed E-state index contributed by atoms with van der Waals surface area (Å²) in [5.74, 6) is 1.50. The van der Waals surface area contributed by atoms with Gasteiger partial charge in [-0.3, -0.25) is 4.79 Å². The number of rotatable bonds is 7. The number of hydrogen-bond donors (Lipinski definition) is 0. The van der Waals surface area contributed by atoms with Gasteiger partial charge in [0.1, 0.15) is 12.4 Å². The smallest absolute Gasteiger partial charge is 0.222 e. The molecule has 0 aliphatic carbocycles. The van der Waals surface area contributed by atoms with E-state index in [-0.39, 0.29) is 5.91 Å². The number of alkyl halides is 1. The molecule has 0 aromatic heterocycles. The number of nitrogens with zero attached hydrogens (tertiary/aromatic N) is 1. The summed E-state index contributed by atoms with van der Waals surface area (Å²) in [4.78, 5) is 13.4. The standard InChI is InChI=1S/C15H22ClNO2/c1-12-9-13(2)11-14(10-12)19-8-7-17(3)15(18)5-4-6-16/h9-11H,4-8H2,1-3H3. The Balaban J connectivity index is 2.35. The molecule has 0 radical (unpaired) electrons. The third kappa shape index (κ3) is 5.97. The molecule has 1 rings (SSSR count). The highest BCUT2D eigenvalue weighted by Crippen LogP contribution is 2.16. The third-order valence-electron chi connectivity index (χ3n) is 2.84. The molecule has 3 nitrogen and oxygen atoms in total. The molecular weight excluding hydrogens is 262 g/mol. The van der Waals surface area contributed by atoms with E-state index < -0.39 is 0 Å². The number of benzene rings is 1. The largest absolute Gasteiger partial charge is 0.492 e. The zero-order valence-corrected chi connectivity index (χ0v) is 12.7. The van der Waals surface area contributed by atoms with Crippen LogP contribution in [0, 0.1) is 13.8 Å². The molecule has 0 atom stereocenters. The quantitative estimate of drug-likeness (QED) is 0.720. The Morgan fingerprint density at radius 2 is 1.89 bits per heavy atom. The number of hydrogen-bond acceptors (Lipinski definition) is 2. The van der Waals surface area contributed by atoms with Crippen LogP contribution in [-0.4, -0.2) is 36.9 Å². The van der Waals surface area contributed by atoms with Gasteiger partial charge in [0.05, 0.1) is 6.54 Å². The van der Waals surface area contributed by atoms with Crippen LogP contribution < -0.4 is 4.74 Å². The van der Waals surface area contributed by atoms with Crippen LogP contribution >= 0.6 is 11.6 Å². The van der Waals surface area contributed by atoms with Crippen molar-refractivity contribution in [1.29, 1.82) is 0 Å². The summed E-state index contributed by atoms with van der Waals surface area (Å²) in [6.45, 7) is 5.18. The van der Waals surface area contributed by atoms with E-state index in [4.69, 9.17) is 16.3 Å². The van der Waals surface area contributed by atoms with Gasteiger partial charge in [-0.15, -0.1) is 11.6 Å². The highest BCUT2D eigenvalue weighted by Gasteiger charge is 2.07. The van der Waals surface area contributed by atoms with Crippen molar-refractivity contribution in [3.05, 3.63) is 29.3 Å². The fraction of sp³-hybridized carbons (Fsp3) is 0.533. The maximum atomic E-state index is 11.7. The molecule has 0 aliphatic rings. The predicted molar refractivity (Wildman–Crippen MR) is 79.0 cm³/mol. The van der Waals surface area contributed by atoms with Crippen LogP contribution in [0.25, 0.3) is 0 Å². The Morgan fingerprint density at radius 3 is 2.47 bits per heavy atom. The van der Waals surface area contributed by atoms with Gasteiger partial charge >= 0.3 is 0 Å². The van der Waals surface area contributed by atoms with Crippen molar-refractivity contribution in [1.82, 2.24) is 4.90 Å². The van der Waals surface area contributed by atoms with Crippen LogP contribution in [0.4, 0.5) is 0 Å². The third-order valence-corrected chi connectivity index (χ3v) is 3.11. The van der Waals surface area contributed by atoms with E-state index in [1.54, 1.807) is 11.9 Å². The Hall–Kier alpha value is -1.22. The van der Waals surface area contributed by atoms with Crippen molar-refractivity contribution in [3.63, 3.8) is 0 Å². The lowest BCUT2D eigenvalue weighted by Crippen LogP contribution is -2.30. The first kappa shape index (κ1) is 15.8. The molecule has 0 N–H and O–H groups in total. The summed E-state index contributed by atoms with van der Waals surface area (Å²) >= 11 is 5.57. The normalized spacial score (nSPS) is 10.3. The Morgan fingerprint density at radius 1 is 1.26 bits per heavy atom. The second-order valence-corrected chi connectivity index (χ2v) is 5.16. The molecule has 0 heterocycles. The number of ether oxygens (including phenoxy) is 1. The van der Waals surface area contributed by atoms with E-state index in [2.05, 4.69) is 6.07 Å². The molecule has 0 fully saturated rings. The molecule has 0 saturated carbocycles. The maximum Gasteiger partial charge on any atom is 0.222 e. The zero-order chi connectivity index (χ0) is 14.3. The summed E-state index contributed by atoms with van der Waals surface area (Å²) in [5, 5.41) is 0. The minimum absolute atomic E-state index is 0.115. The Bertz CT molecular complexity index is 400. The lowest BCUT2D eigenvalue weighted by atomic mass is 10.1. The molecule has 0 unspecified atom stereocenters. The SMILES string of the molecule is Cc1cc(C)cc(OCCN(C)C(=O)CCCCl)c1. The van der Waals surface area contributed by atoms with Crippen LogP contribution in [0.2, 0.25) is 0 Å². The lowest BCUT2D eigenvalue weighted by molar-refractivity contribution is -0.130. The van der Waals surface area contributed by atoms with E-state index in [1.165, 1.54) is 11.1 Å². The lowest BCUT2D eigenvalue weighted by Gasteiger charge is -2.17. The highest BCUT2D eigenvalue weighted by molar-refractivity contribution is 6.17. The second kappa shape index (κ2) is 8.05. The van der Waals surface area contributed by atoms with Crippen LogP contribution in [0.15, 0.2) is 18.2 Å². The molecule has 19 heavy (non-hydrogen) atoms. The fourth-order valence-electron chi connectivity index (χ4n) is 1.85. The predicted octanol–water partition coefficient (Wildman–Crippen LogP) is 3.16. The zero-order valence-electron chi connectivity index (χ0n) is 11.9. The number of halogens is 1. The van der Waals surface area contributed by atoms with Crippen molar-refractivity contribution in [2.24, 2.45) is 0 Å². The van der Waals surface area contributed by atoms with Crippen LogP contribution in [0.5, 0.6) is 5.75 Å². The first-order valence-electron chi connectivity index (χ1n) is 6.54. The average molecular weight is 284 g/mol. The van der Waals surface area contributed by atoms with E-state index in [1.807, 2.05) is 26.0 Å². The molecule has 1 aromatic carbocycles. The molecule has 0 aliphatic heterocycles. The molecule has 106 valence electrons. The number of amides is 1. The van der Waals surface area contributed by atoms with Gasteiger partial charge < -0.3 is 9.64 Å². The summed E-state index contributed by atoms with van der Waals surface area (Å²) in [6.07, 6.45) is 1.23. The average Bonchev–Trinajstić information content (AvgIpc) is 2.34. The van der Waals surface area contributed by atoms with Crippen molar-refractivity contribution in [3.8, 4) is 5.75 Å². The summed E-state index contributed by atoms with van der Waals surface area (Å²) in [7, 11) is 1.79. The summed E-state index contributed by atoms with van der Waals surface area (Å²) in [6, 6.07) is 6.11. The molecule has 0 spiro atoms. The van der Waals surface area contributed by atoms with Gasteiger partial charge in [0.25, 0.3) is 0 Å². The highest BCUT2D eigenvalue weighted by atomic mass is 35.5. The first-order valence-corrected chi connectivity index (χ1v) is 7.07. The van der Waals surface area contributed by atoms with Gasteiger partial charge in [0.15, 0.2) is 0 Å². The fourth-order valence-corrected chi connectivity index (χ4v) is 1.98. The van der Waals surface area contributed by atoms with E-state index in [0.29, 0.717) is 25.5 Å². The van der Waals surface area contributed by atoms with Crippen molar-refractivity contribution in [2.75, 3.05) is 26.1 Å². The monoisotopic (exact) mass is 283 g/mol. The van der Waals surface area contributed by atoms with Crippen LogP contribution in [0.1, 0.15) is 24.0 Å². The second-order valence-electron chi connectivity index (χ2n) is 4.78. The van der Waals surface area contributed by atoms with E-state index in [0.717, 1.165) is 12.2 Å². The molecule has 1 amide bonds. The van der Waals surface area contributed by atoms with Crippen LogP contribution in [-0.2, 0) is 4.79 Å². The van der Waals surface area contributed by atoms with Gasteiger partial charge in [-0.1, -0.05) is 6.07 Å². The minimum atomic E-state index is 0.115. The van der Waals surface area contributed by atoms with Crippen molar-refractivity contribution < 1.29 is 9.53 Å². The first-order chi connectivity index (χ1) is 9.02. The number of carbonyl (C=O) groups excluding carboxylic acids is 1. The van der Waals surface area contributed by atoms with Gasteiger partial charge in [-0.05, 0) is 43.5 Å². The van der Waals surface area contributed by atoms with Crippen LogP contribution in [0.3, 0.4) is 0 Å². The van der Waals surface area contributed by atoms with Crippen molar-refractivity contribution in [2.45, 2.75) is 26.7 Å². The molecule has 4 heteroatoms. The number of likely N-dealkylation sites (N-methyl/N-ethyl adjacent to an activating group) is 1. The maximum absolute atomic E-state index is 11.7. The van der Waals surface area contributed by atoms with Gasteiger partial charge in [-0.25, -0.2) is 0 Å². The molecular formula is C15H22ClNO2. The number of carbonyl (C=O) groups is 1. The summed E-state index contributed by atoms with van der Waals surface area (Å²) in [5.41, 5.74) is 2.36. The van der Waals surface area contributed by atoms with E-state index in [9.17, 15) is 4.79 Å².